The first-order valence-corrected chi connectivity index (χ1v) is 12.5. The maximum atomic E-state index is 13.6. The molecule has 0 aromatic heterocycles. The van der Waals surface area contributed by atoms with Crippen LogP contribution in [0, 0.1) is 5.92 Å². The Morgan fingerprint density at radius 1 is 1.03 bits per heavy atom. The number of fused-ring (bicyclic) bond motifs is 3. The number of likely N-dealkylation sites (tertiary alicyclic amines) is 2. The van der Waals surface area contributed by atoms with E-state index < -0.39 is 23.6 Å². The molecule has 0 bridgehead atoms. The minimum Gasteiger partial charge on any atom is -0.480 e. The third-order valence-electron chi connectivity index (χ3n) is 7.83. The van der Waals surface area contributed by atoms with Crippen molar-refractivity contribution in [1.82, 2.24) is 9.80 Å². The van der Waals surface area contributed by atoms with Crippen molar-refractivity contribution >= 4 is 18.0 Å². The molecule has 2 amide bonds. The van der Waals surface area contributed by atoms with Crippen LogP contribution in [0.2, 0.25) is 0 Å². The van der Waals surface area contributed by atoms with Gasteiger partial charge in [-0.05, 0) is 53.9 Å². The highest BCUT2D eigenvalue weighted by atomic mass is 16.6. The molecule has 2 heterocycles. The second kappa shape index (κ2) is 9.02. The summed E-state index contributed by atoms with van der Waals surface area (Å²) in [4.78, 5) is 41.9. The van der Waals surface area contributed by atoms with Crippen LogP contribution in [0.25, 0.3) is 11.1 Å². The second-order valence-electron chi connectivity index (χ2n) is 10.3. The Morgan fingerprint density at radius 2 is 1.66 bits per heavy atom. The van der Waals surface area contributed by atoms with Crippen LogP contribution < -0.4 is 0 Å². The van der Waals surface area contributed by atoms with Crippen molar-refractivity contribution in [3.8, 4) is 11.1 Å². The van der Waals surface area contributed by atoms with E-state index in [9.17, 15) is 19.5 Å². The summed E-state index contributed by atoms with van der Waals surface area (Å²) in [5.74, 6) is -1.16. The number of carbonyl (C=O) groups excluding carboxylic acids is 2. The molecule has 2 atom stereocenters. The van der Waals surface area contributed by atoms with Gasteiger partial charge in [0.25, 0.3) is 0 Å². The fraction of sp³-hybridized carbons (Fsp3) is 0.464. The molecular formula is C28H32N2O5. The molecule has 0 radical (unpaired) electrons. The van der Waals surface area contributed by atoms with E-state index in [1.165, 1.54) is 4.90 Å². The van der Waals surface area contributed by atoms with Crippen LogP contribution in [0.1, 0.15) is 56.6 Å². The molecule has 1 N–H and O–H groups in total. The lowest BCUT2D eigenvalue weighted by Crippen LogP contribution is -2.55. The van der Waals surface area contributed by atoms with Crippen LogP contribution in [0.4, 0.5) is 4.79 Å². The average molecular weight is 477 g/mol. The van der Waals surface area contributed by atoms with Gasteiger partial charge in [-0.15, -0.1) is 0 Å². The van der Waals surface area contributed by atoms with Gasteiger partial charge in [-0.3, -0.25) is 9.69 Å². The Labute approximate surface area is 205 Å². The number of aliphatic carboxylic acids is 1. The maximum Gasteiger partial charge on any atom is 0.410 e. The highest BCUT2D eigenvalue weighted by molar-refractivity contribution is 5.95. The predicted molar refractivity (Wildman–Crippen MR) is 131 cm³/mol. The molecule has 1 aliphatic carbocycles. The quantitative estimate of drug-likeness (QED) is 0.663. The summed E-state index contributed by atoms with van der Waals surface area (Å²) in [7, 11) is 0. The summed E-state index contributed by atoms with van der Waals surface area (Å²) < 4.78 is 5.87. The Bertz CT molecular complexity index is 1120. The average Bonchev–Trinajstić information content (AvgIpc) is 3.51. The topological polar surface area (TPSA) is 87.2 Å². The Kier molecular flexibility index (Phi) is 6.03. The van der Waals surface area contributed by atoms with Crippen LogP contribution in [-0.2, 0) is 14.3 Å². The highest BCUT2D eigenvalue weighted by Crippen LogP contribution is 2.45. The number of carboxylic acid groups (broad SMARTS) is 1. The Hall–Kier alpha value is -3.35. The fourth-order valence-electron chi connectivity index (χ4n) is 6.19. The minimum absolute atomic E-state index is 0.0527. The van der Waals surface area contributed by atoms with E-state index in [2.05, 4.69) is 24.3 Å². The van der Waals surface area contributed by atoms with Crippen LogP contribution in [0.15, 0.2) is 48.5 Å². The van der Waals surface area contributed by atoms with E-state index in [1.54, 1.807) is 4.90 Å². The van der Waals surface area contributed by atoms with E-state index >= 15 is 0 Å². The zero-order valence-electron chi connectivity index (χ0n) is 20.3. The second-order valence-corrected chi connectivity index (χ2v) is 10.3. The number of nitrogens with zero attached hydrogens (tertiary/aromatic N) is 2. The number of carbonyl (C=O) groups is 3. The molecular weight excluding hydrogens is 444 g/mol. The number of hydrogen-bond donors (Lipinski definition) is 1. The van der Waals surface area contributed by atoms with Gasteiger partial charge in [0.15, 0.2) is 0 Å². The number of rotatable bonds is 6. The number of carboxylic acids is 1. The molecule has 2 aromatic rings. The Balaban J connectivity index is 1.33. The van der Waals surface area contributed by atoms with Crippen LogP contribution >= 0.6 is 0 Å². The van der Waals surface area contributed by atoms with Gasteiger partial charge in [0.2, 0.25) is 5.91 Å². The number of ether oxygens (including phenoxy) is 1. The van der Waals surface area contributed by atoms with Crippen LogP contribution in [-0.4, -0.2) is 64.2 Å². The van der Waals surface area contributed by atoms with Gasteiger partial charge in [0, 0.05) is 19.0 Å². The molecule has 2 saturated heterocycles. The first-order valence-electron chi connectivity index (χ1n) is 12.5. The summed E-state index contributed by atoms with van der Waals surface area (Å²) in [5.41, 5.74) is 3.60. The highest BCUT2D eigenvalue weighted by Gasteiger charge is 2.57. The van der Waals surface area contributed by atoms with Gasteiger partial charge >= 0.3 is 12.1 Å². The predicted octanol–water partition coefficient (Wildman–Crippen LogP) is 4.50. The van der Waals surface area contributed by atoms with Crippen molar-refractivity contribution in [1.29, 1.82) is 0 Å². The molecule has 3 aliphatic rings. The fourth-order valence-corrected chi connectivity index (χ4v) is 6.19. The smallest absolute Gasteiger partial charge is 0.410 e. The van der Waals surface area contributed by atoms with Crippen molar-refractivity contribution < 1.29 is 24.2 Å². The van der Waals surface area contributed by atoms with Gasteiger partial charge in [-0.2, -0.15) is 0 Å². The number of hydrogen-bond acceptors (Lipinski definition) is 4. The lowest BCUT2D eigenvalue weighted by atomic mass is 9.94. The molecule has 1 spiro atoms. The zero-order chi connectivity index (χ0) is 24.7. The number of benzene rings is 2. The van der Waals surface area contributed by atoms with Crippen molar-refractivity contribution in [2.24, 2.45) is 5.92 Å². The van der Waals surface area contributed by atoms with Gasteiger partial charge in [-0.25, -0.2) is 9.59 Å². The van der Waals surface area contributed by atoms with E-state index in [0.29, 0.717) is 38.8 Å². The summed E-state index contributed by atoms with van der Waals surface area (Å²) in [6, 6.07) is 15.5. The first kappa shape index (κ1) is 23.4. The molecule has 0 saturated carbocycles. The Morgan fingerprint density at radius 3 is 2.26 bits per heavy atom. The lowest BCUT2D eigenvalue weighted by Gasteiger charge is -2.34. The molecule has 35 heavy (non-hydrogen) atoms. The molecule has 7 nitrogen and oxygen atoms in total. The summed E-state index contributed by atoms with van der Waals surface area (Å²) >= 11 is 0. The molecule has 5 rings (SSSR count). The number of amides is 2. The van der Waals surface area contributed by atoms with Crippen molar-refractivity contribution in [2.75, 3.05) is 19.7 Å². The molecule has 184 valence electrons. The van der Waals surface area contributed by atoms with Gasteiger partial charge in [-0.1, -0.05) is 62.4 Å². The maximum absolute atomic E-state index is 13.6. The van der Waals surface area contributed by atoms with E-state index in [1.807, 2.05) is 38.1 Å². The molecule has 2 aromatic carbocycles. The first-order chi connectivity index (χ1) is 16.8. The minimum atomic E-state index is -0.993. The largest absolute Gasteiger partial charge is 0.480 e. The third kappa shape index (κ3) is 3.87. The molecule has 2 aliphatic heterocycles. The van der Waals surface area contributed by atoms with Gasteiger partial charge in [0.05, 0.1) is 0 Å². The third-order valence-corrected chi connectivity index (χ3v) is 7.83. The van der Waals surface area contributed by atoms with E-state index in [4.69, 9.17) is 4.74 Å². The molecule has 7 heteroatoms. The van der Waals surface area contributed by atoms with Crippen molar-refractivity contribution in [2.45, 2.75) is 57.0 Å². The van der Waals surface area contributed by atoms with Crippen LogP contribution in [0.3, 0.4) is 0 Å². The zero-order valence-corrected chi connectivity index (χ0v) is 20.3. The lowest BCUT2D eigenvalue weighted by molar-refractivity contribution is -0.151. The van der Waals surface area contributed by atoms with Gasteiger partial charge in [0.1, 0.15) is 18.2 Å². The van der Waals surface area contributed by atoms with E-state index in [-0.39, 0.29) is 24.3 Å². The summed E-state index contributed by atoms with van der Waals surface area (Å²) in [6.07, 6.45) is 1.59. The normalized spacial score (nSPS) is 22.1. The van der Waals surface area contributed by atoms with Crippen molar-refractivity contribution in [3.05, 3.63) is 59.7 Å². The summed E-state index contributed by atoms with van der Waals surface area (Å²) in [5, 5.41) is 9.77. The van der Waals surface area contributed by atoms with Crippen LogP contribution in [0.5, 0.6) is 0 Å². The van der Waals surface area contributed by atoms with Gasteiger partial charge < -0.3 is 14.7 Å². The van der Waals surface area contributed by atoms with E-state index in [0.717, 1.165) is 22.3 Å². The standard InChI is InChI=1S/C28H32N2O5/c1-18(2)16-24(25(31)32)29-15-13-28(26(29)33)12-7-14-30(28)27(34)35-17-23-21-10-5-3-8-19(21)20-9-4-6-11-22(20)23/h3-6,8-11,18,23-24H,7,12-17H2,1-2H3,(H,31,32). The molecule has 2 fully saturated rings. The monoisotopic (exact) mass is 476 g/mol. The SMILES string of the molecule is CC(C)CC(C(=O)O)N1CCC2(CCCN2C(=O)OCC2c3ccccc3-c3ccccc32)C1=O. The van der Waals surface area contributed by atoms with Crippen molar-refractivity contribution in [3.63, 3.8) is 0 Å². The molecule has 2 unspecified atom stereocenters. The summed E-state index contributed by atoms with van der Waals surface area (Å²) in [6.45, 7) is 4.88.